The minimum atomic E-state index is -0.531. The Balaban J connectivity index is 2.56. The lowest BCUT2D eigenvalue weighted by Gasteiger charge is -2.26. The molecule has 18 heavy (non-hydrogen) atoms. The number of hydrogen-bond acceptors (Lipinski definition) is 3. The monoisotopic (exact) mass is 251 g/mol. The Hall–Kier alpha value is -1.50. The molecule has 0 spiro atoms. The van der Waals surface area contributed by atoms with Crippen LogP contribution in [0.2, 0.25) is 0 Å². The summed E-state index contributed by atoms with van der Waals surface area (Å²) in [6.45, 7) is 7.26. The van der Waals surface area contributed by atoms with Gasteiger partial charge in [0, 0.05) is 6.04 Å². The molecule has 1 saturated carbocycles. The van der Waals surface area contributed by atoms with Crippen LogP contribution in [0.15, 0.2) is 0 Å². The molecule has 4 nitrogen and oxygen atoms in total. The zero-order valence-corrected chi connectivity index (χ0v) is 11.6. The highest BCUT2D eigenvalue weighted by molar-refractivity contribution is 5.86. The molecule has 0 unspecified atom stereocenters. The first-order valence-electron chi connectivity index (χ1n) is 6.24. The molecule has 0 aliphatic heterocycles. The number of hydrogen-bond donors (Lipinski definition) is 0. The standard InChI is InChI=1S/C14H21NO3/c1-5-6-7-12(16)10-15(11-8-9-11)13(17)18-14(2,3)4/h11H,7-10H2,1-4H3. The SMILES string of the molecule is CC#CCC(=O)CN(C(=O)OC(C)(C)C)C1CC1. The normalized spacial score (nSPS) is 14.4. The maximum Gasteiger partial charge on any atom is 0.410 e. The molecule has 0 aromatic heterocycles. The molecule has 0 heterocycles. The van der Waals surface area contributed by atoms with E-state index in [1.165, 1.54) is 4.90 Å². The highest BCUT2D eigenvalue weighted by Crippen LogP contribution is 2.28. The summed E-state index contributed by atoms with van der Waals surface area (Å²) in [5.41, 5.74) is -0.531. The van der Waals surface area contributed by atoms with Crippen molar-refractivity contribution in [3.05, 3.63) is 0 Å². The van der Waals surface area contributed by atoms with E-state index in [0.29, 0.717) is 0 Å². The molecule has 0 N–H and O–H groups in total. The Morgan fingerprint density at radius 3 is 2.39 bits per heavy atom. The average Bonchev–Trinajstić information content (AvgIpc) is 3.04. The lowest BCUT2D eigenvalue weighted by molar-refractivity contribution is -0.119. The van der Waals surface area contributed by atoms with E-state index in [2.05, 4.69) is 11.8 Å². The smallest absolute Gasteiger partial charge is 0.410 e. The largest absolute Gasteiger partial charge is 0.444 e. The highest BCUT2D eigenvalue weighted by Gasteiger charge is 2.36. The van der Waals surface area contributed by atoms with Crippen LogP contribution in [0.5, 0.6) is 0 Å². The fourth-order valence-corrected chi connectivity index (χ4v) is 1.48. The van der Waals surface area contributed by atoms with Gasteiger partial charge in [-0.15, -0.1) is 5.92 Å². The molecule has 0 atom stereocenters. The van der Waals surface area contributed by atoms with E-state index in [0.717, 1.165) is 12.8 Å². The van der Waals surface area contributed by atoms with Crippen LogP contribution in [0.25, 0.3) is 0 Å². The molecule has 100 valence electrons. The van der Waals surface area contributed by atoms with Gasteiger partial charge in [-0.3, -0.25) is 9.69 Å². The third kappa shape index (κ3) is 5.22. The predicted octanol–water partition coefficient (Wildman–Crippen LogP) is 2.37. The average molecular weight is 251 g/mol. The van der Waals surface area contributed by atoms with Crippen LogP contribution in [-0.2, 0) is 9.53 Å². The van der Waals surface area contributed by atoms with Gasteiger partial charge in [0.2, 0.25) is 0 Å². The van der Waals surface area contributed by atoms with Crippen LogP contribution in [0.4, 0.5) is 4.79 Å². The quantitative estimate of drug-likeness (QED) is 0.721. The number of rotatable bonds is 4. The van der Waals surface area contributed by atoms with Crippen LogP contribution >= 0.6 is 0 Å². The zero-order valence-electron chi connectivity index (χ0n) is 11.6. The fraction of sp³-hybridized carbons (Fsp3) is 0.714. The molecular weight excluding hydrogens is 230 g/mol. The van der Waals surface area contributed by atoms with Gasteiger partial charge in [-0.05, 0) is 40.5 Å². The van der Waals surface area contributed by atoms with Gasteiger partial charge < -0.3 is 4.74 Å². The maximum absolute atomic E-state index is 12.0. The van der Waals surface area contributed by atoms with Crippen LogP contribution < -0.4 is 0 Å². The lowest BCUT2D eigenvalue weighted by atomic mass is 10.2. The van der Waals surface area contributed by atoms with Crippen LogP contribution in [0, 0.1) is 11.8 Å². The summed E-state index contributed by atoms with van der Waals surface area (Å²) in [4.78, 5) is 25.2. The molecule has 0 aromatic rings. The first kappa shape index (κ1) is 14.6. The molecule has 0 bridgehead atoms. The Kier molecular flexibility index (Phi) is 4.77. The molecular formula is C14H21NO3. The highest BCUT2D eigenvalue weighted by atomic mass is 16.6. The van der Waals surface area contributed by atoms with Crippen molar-refractivity contribution in [3.8, 4) is 11.8 Å². The molecule has 1 rings (SSSR count). The van der Waals surface area contributed by atoms with Crippen LogP contribution in [0.1, 0.15) is 47.0 Å². The van der Waals surface area contributed by atoms with Gasteiger partial charge in [-0.1, -0.05) is 5.92 Å². The maximum atomic E-state index is 12.0. The summed E-state index contributed by atoms with van der Waals surface area (Å²) in [6, 6.07) is 0.165. The molecule has 1 aliphatic rings. The Labute approximate surface area is 109 Å². The Morgan fingerprint density at radius 1 is 1.33 bits per heavy atom. The van der Waals surface area contributed by atoms with Crippen molar-refractivity contribution in [2.75, 3.05) is 6.54 Å². The number of ether oxygens (including phenoxy) is 1. The van der Waals surface area contributed by atoms with Crippen LogP contribution in [-0.4, -0.2) is 35.0 Å². The summed E-state index contributed by atoms with van der Waals surface area (Å²) in [5, 5.41) is 0. The second kappa shape index (κ2) is 5.90. The van der Waals surface area contributed by atoms with Gasteiger partial charge in [0.25, 0.3) is 0 Å². The van der Waals surface area contributed by atoms with Crippen LogP contribution in [0.3, 0.4) is 0 Å². The summed E-state index contributed by atoms with van der Waals surface area (Å²) < 4.78 is 5.31. The third-order valence-electron chi connectivity index (χ3n) is 2.42. The molecule has 0 saturated heterocycles. The Bertz CT molecular complexity index is 380. The number of nitrogens with zero attached hydrogens (tertiary/aromatic N) is 1. The van der Waals surface area contributed by atoms with Gasteiger partial charge in [-0.2, -0.15) is 0 Å². The minimum Gasteiger partial charge on any atom is -0.444 e. The first-order chi connectivity index (χ1) is 8.33. The van der Waals surface area contributed by atoms with Gasteiger partial charge in [0.05, 0.1) is 13.0 Å². The fourth-order valence-electron chi connectivity index (χ4n) is 1.48. The molecule has 1 fully saturated rings. The van der Waals surface area contributed by atoms with Gasteiger partial charge in [0.15, 0.2) is 5.78 Å². The van der Waals surface area contributed by atoms with Crippen molar-refractivity contribution in [2.24, 2.45) is 0 Å². The number of amides is 1. The molecule has 4 heteroatoms. The van der Waals surface area contributed by atoms with E-state index < -0.39 is 11.7 Å². The van der Waals surface area contributed by atoms with Crippen molar-refractivity contribution in [2.45, 2.75) is 58.6 Å². The minimum absolute atomic E-state index is 0.0397. The zero-order chi connectivity index (χ0) is 13.8. The van der Waals surface area contributed by atoms with E-state index in [1.54, 1.807) is 6.92 Å². The summed E-state index contributed by atoms with van der Waals surface area (Å²) in [5.74, 6) is 5.36. The van der Waals surface area contributed by atoms with E-state index in [9.17, 15) is 9.59 Å². The second-order valence-corrected chi connectivity index (χ2v) is 5.48. The lowest BCUT2D eigenvalue weighted by Crippen LogP contribution is -2.41. The molecule has 0 aromatic carbocycles. The van der Waals surface area contributed by atoms with Crippen molar-refractivity contribution >= 4 is 11.9 Å². The Morgan fingerprint density at radius 2 is 1.94 bits per heavy atom. The molecule has 0 radical (unpaired) electrons. The molecule has 1 aliphatic carbocycles. The third-order valence-corrected chi connectivity index (χ3v) is 2.42. The van der Waals surface area contributed by atoms with Gasteiger partial charge in [0.1, 0.15) is 5.60 Å². The van der Waals surface area contributed by atoms with Crippen molar-refractivity contribution in [1.82, 2.24) is 4.90 Å². The van der Waals surface area contributed by atoms with Crippen molar-refractivity contribution in [3.63, 3.8) is 0 Å². The topological polar surface area (TPSA) is 46.6 Å². The number of Topliss-reactive ketones (excluding diaryl/α,β-unsaturated/α-hetero) is 1. The van der Waals surface area contributed by atoms with E-state index in [4.69, 9.17) is 4.74 Å². The second-order valence-electron chi connectivity index (χ2n) is 5.48. The summed E-state index contributed by atoms with van der Waals surface area (Å²) in [6.07, 6.45) is 1.70. The van der Waals surface area contributed by atoms with E-state index in [-0.39, 0.29) is 24.8 Å². The number of carbonyl (C=O) groups is 2. The van der Waals surface area contributed by atoms with Crippen molar-refractivity contribution in [1.29, 1.82) is 0 Å². The van der Waals surface area contributed by atoms with Crippen molar-refractivity contribution < 1.29 is 14.3 Å². The first-order valence-corrected chi connectivity index (χ1v) is 6.24. The van der Waals surface area contributed by atoms with E-state index in [1.807, 2.05) is 20.8 Å². The predicted molar refractivity (Wildman–Crippen MR) is 69.0 cm³/mol. The number of carbonyl (C=O) groups excluding carboxylic acids is 2. The summed E-state index contributed by atoms with van der Waals surface area (Å²) >= 11 is 0. The van der Waals surface area contributed by atoms with E-state index >= 15 is 0 Å². The van der Waals surface area contributed by atoms with Gasteiger partial charge in [-0.25, -0.2) is 4.79 Å². The molecule has 1 amide bonds. The summed E-state index contributed by atoms with van der Waals surface area (Å²) in [7, 11) is 0. The number of ketones is 1. The van der Waals surface area contributed by atoms with Gasteiger partial charge >= 0.3 is 6.09 Å².